The Morgan fingerprint density at radius 1 is 0.821 bits per heavy atom. The first kappa shape index (κ1) is 17.2. The second-order valence-corrected chi connectivity index (χ2v) is 7.43. The van der Waals surface area contributed by atoms with E-state index in [0.717, 1.165) is 37.4 Å². The number of nitrogens with one attached hydrogen (secondary N) is 1. The van der Waals surface area contributed by atoms with Crippen molar-refractivity contribution >= 4 is 5.70 Å². The Hall–Kier alpha value is -2.95. The van der Waals surface area contributed by atoms with Crippen LogP contribution < -0.4 is 5.43 Å². The van der Waals surface area contributed by atoms with Gasteiger partial charge in [-0.25, -0.2) is 5.01 Å². The lowest BCUT2D eigenvalue weighted by atomic mass is 10.0. The molecule has 0 radical (unpaired) electrons. The number of aromatic nitrogens is 1. The number of benzene rings is 2. The maximum absolute atomic E-state index is 4.18. The maximum Gasteiger partial charge on any atom is 0.0614 e. The zero-order valence-electron chi connectivity index (χ0n) is 15.9. The average molecular weight is 368 g/mol. The Bertz CT molecular complexity index is 945. The number of pyridine rings is 1. The van der Waals surface area contributed by atoms with E-state index < -0.39 is 0 Å². The highest BCUT2D eigenvalue weighted by Crippen LogP contribution is 2.46. The van der Waals surface area contributed by atoms with Crippen molar-refractivity contribution in [2.24, 2.45) is 0 Å². The molecule has 140 valence electrons. The highest BCUT2D eigenvalue weighted by atomic mass is 15.5. The van der Waals surface area contributed by atoms with Gasteiger partial charge in [0.15, 0.2) is 0 Å². The smallest absolute Gasteiger partial charge is 0.0614 e. The topological polar surface area (TPSA) is 31.4 Å². The van der Waals surface area contributed by atoms with E-state index >= 15 is 0 Å². The predicted molar refractivity (Wildman–Crippen MR) is 113 cm³/mol. The summed E-state index contributed by atoms with van der Waals surface area (Å²) >= 11 is 0. The van der Waals surface area contributed by atoms with Gasteiger partial charge in [0.25, 0.3) is 0 Å². The van der Waals surface area contributed by atoms with Crippen LogP contribution in [0.4, 0.5) is 0 Å². The monoisotopic (exact) mass is 368 g/mol. The van der Waals surface area contributed by atoms with Crippen LogP contribution in [0.2, 0.25) is 0 Å². The SMILES string of the molecule is C=C(NN1CCN(C2c3ccccc3-c3ccccc32)CC1)c1ccncc1. The van der Waals surface area contributed by atoms with Gasteiger partial charge in [0.2, 0.25) is 0 Å². The first-order valence-corrected chi connectivity index (χ1v) is 9.84. The molecule has 4 heteroatoms. The highest BCUT2D eigenvalue weighted by Gasteiger charge is 2.34. The Morgan fingerprint density at radius 2 is 1.39 bits per heavy atom. The molecule has 3 aromatic rings. The Labute approximate surface area is 166 Å². The molecule has 28 heavy (non-hydrogen) atoms. The van der Waals surface area contributed by atoms with E-state index in [-0.39, 0.29) is 0 Å². The summed E-state index contributed by atoms with van der Waals surface area (Å²) in [6.07, 6.45) is 3.60. The molecule has 1 aromatic heterocycles. The normalized spacial score (nSPS) is 17.1. The summed E-state index contributed by atoms with van der Waals surface area (Å²) in [6.45, 7) is 8.14. The molecule has 1 fully saturated rings. The standard InChI is InChI=1S/C24H24N4/c1-18(19-10-12-25-13-11-19)26-28-16-14-27(15-17-28)24-22-8-4-2-6-20(22)21-7-3-5-9-23(21)24/h2-13,24,26H,1,14-17H2. The molecule has 1 saturated heterocycles. The molecule has 1 aliphatic carbocycles. The van der Waals surface area contributed by atoms with Crippen molar-refractivity contribution in [3.63, 3.8) is 0 Å². The number of fused-ring (bicyclic) bond motifs is 3. The van der Waals surface area contributed by atoms with Gasteiger partial charge in [0.05, 0.1) is 6.04 Å². The quantitative estimate of drug-likeness (QED) is 0.756. The molecule has 0 bridgehead atoms. The van der Waals surface area contributed by atoms with Gasteiger partial charge in [0.1, 0.15) is 0 Å². The van der Waals surface area contributed by atoms with Gasteiger partial charge in [-0.1, -0.05) is 55.1 Å². The molecule has 2 heterocycles. The van der Waals surface area contributed by atoms with E-state index in [0.29, 0.717) is 6.04 Å². The van der Waals surface area contributed by atoms with Crippen LogP contribution in [0.15, 0.2) is 79.6 Å². The number of piperazine rings is 1. The molecule has 4 nitrogen and oxygen atoms in total. The fourth-order valence-electron chi connectivity index (χ4n) is 4.42. The lowest BCUT2D eigenvalue weighted by Crippen LogP contribution is -2.51. The highest BCUT2D eigenvalue weighted by molar-refractivity contribution is 5.78. The second-order valence-electron chi connectivity index (χ2n) is 7.43. The van der Waals surface area contributed by atoms with Crippen LogP contribution in [0.3, 0.4) is 0 Å². The first-order chi connectivity index (χ1) is 13.8. The van der Waals surface area contributed by atoms with Gasteiger partial charge >= 0.3 is 0 Å². The van der Waals surface area contributed by atoms with E-state index in [1.165, 1.54) is 22.3 Å². The van der Waals surface area contributed by atoms with Crippen molar-refractivity contribution < 1.29 is 0 Å². The molecule has 0 atom stereocenters. The van der Waals surface area contributed by atoms with Gasteiger partial charge in [-0.15, -0.1) is 0 Å². The lowest BCUT2D eigenvalue weighted by molar-refractivity contribution is 0.0906. The van der Waals surface area contributed by atoms with Crippen LogP contribution >= 0.6 is 0 Å². The van der Waals surface area contributed by atoms with Gasteiger partial charge < -0.3 is 5.43 Å². The van der Waals surface area contributed by atoms with Crippen LogP contribution in [-0.4, -0.2) is 41.1 Å². The predicted octanol–water partition coefficient (Wildman–Crippen LogP) is 3.94. The van der Waals surface area contributed by atoms with Crippen molar-refractivity contribution in [1.82, 2.24) is 20.3 Å². The average Bonchev–Trinajstić information content (AvgIpc) is 3.09. The van der Waals surface area contributed by atoms with E-state index in [4.69, 9.17) is 0 Å². The largest absolute Gasteiger partial charge is 0.319 e. The van der Waals surface area contributed by atoms with Crippen LogP contribution in [0.25, 0.3) is 16.8 Å². The Morgan fingerprint density at radius 3 is 2.00 bits per heavy atom. The summed E-state index contributed by atoms with van der Waals surface area (Å²) in [6, 6.07) is 22.0. The maximum atomic E-state index is 4.18. The number of nitrogens with zero attached hydrogens (tertiary/aromatic N) is 3. The van der Waals surface area contributed by atoms with Gasteiger partial charge in [-0.3, -0.25) is 9.88 Å². The van der Waals surface area contributed by atoms with Crippen molar-refractivity contribution in [1.29, 1.82) is 0 Å². The van der Waals surface area contributed by atoms with Crippen LogP contribution in [0.5, 0.6) is 0 Å². The molecule has 0 amide bonds. The molecule has 0 saturated carbocycles. The summed E-state index contributed by atoms with van der Waals surface area (Å²) < 4.78 is 0. The van der Waals surface area contributed by atoms with Crippen LogP contribution in [0, 0.1) is 0 Å². The molecule has 2 aromatic carbocycles. The zero-order valence-corrected chi connectivity index (χ0v) is 15.9. The number of rotatable bonds is 4. The fourth-order valence-corrected chi connectivity index (χ4v) is 4.42. The summed E-state index contributed by atoms with van der Waals surface area (Å²) in [5, 5.41) is 2.27. The van der Waals surface area contributed by atoms with Crippen molar-refractivity contribution in [2.45, 2.75) is 6.04 Å². The van der Waals surface area contributed by atoms with Gasteiger partial charge in [-0.2, -0.15) is 0 Å². The number of hydrogen-bond acceptors (Lipinski definition) is 4. The summed E-state index contributed by atoms with van der Waals surface area (Å²) in [7, 11) is 0. The molecular weight excluding hydrogens is 344 g/mol. The third-order valence-corrected chi connectivity index (χ3v) is 5.80. The van der Waals surface area contributed by atoms with Crippen molar-refractivity contribution in [3.8, 4) is 11.1 Å². The van der Waals surface area contributed by atoms with Gasteiger partial charge in [-0.05, 0) is 34.4 Å². The minimum absolute atomic E-state index is 0.359. The molecular formula is C24H24N4. The van der Waals surface area contributed by atoms with E-state index in [9.17, 15) is 0 Å². The number of hydrazine groups is 1. The van der Waals surface area contributed by atoms with E-state index in [1.807, 2.05) is 12.1 Å². The third-order valence-electron chi connectivity index (χ3n) is 5.80. The third kappa shape index (κ3) is 3.01. The Kier molecular flexibility index (Phi) is 4.43. The second kappa shape index (κ2) is 7.23. The molecule has 5 rings (SSSR count). The summed E-state index contributed by atoms with van der Waals surface area (Å²) in [5.41, 5.74) is 11.1. The fraction of sp³-hybridized carbons (Fsp3) is 0.208. The van der Waals surface area contributed by atoms with Crippen molar-refractivity contribution in [3.05, 3.63) is 96.3 Å². The zero-order chi connectivity index (χ0) is 18.9. The first-order valence-electron chi connectivity index (χ1n) is 9.84. The van der Waals surface area contributed by atoms with Crippen molar-refractivity contribution in [2.75, 3.05) is 26.2 Å². The summed E-state index contributed by atoms with van der Waals surface area (Å²) in [5.74, 6) is 0. The molecule has 0 spiro atoms. The number of hydrogen-bond donors (Lipinski definition) is 1. The minimum atomic E-state index is 0.359. The molecule has 1 N–H and O–H groups in total. The Balaban J connectivity index is 1.30. The summed E-state index contributed by atoms with van der Waals surface area (Å²) in [4.78, 5) is 6.69. The van der Waals surface area contributed by atoms with Crippen LogP contribution in [-0.2, 0) is 0 Å². The molecule has 0 unspecified atom stereocenters. The van der Waals surface area contributed by atoms with E-state index in [2.05, 4.69) is 75.4 Å². The molecule has 1 aliphatic heterocycles. The minimum Gasteiger partial charge on any atom is -0.319 e. The van der Waals surface area contributed by atoms with E-state index in [1.54, 1.807) is 12.4 Å². The molecule has 2 aliphatic rings. The van der Waals surface area contributed by atoms with Gasteiger partial charge in [0, 0.05) is 49.8 Å². The lowest BCUT2D eigenvalue weighted by Gasteiger charge is -2.39. The van der Waals surface area contributed by atoms with Crippen LogP contribution in [0.1, 0.15) is 22.7 Å².